The highest BCUT2D eigenvalue weighted by atomic mass is 19.1. The number of primary amides is 1. The molecule has 2 aromatic rings. The number of amides is 1. The van der Waals surface area contributed by atoms with E-state index >= 15 is 0 Å². The third kappa shape index (κ3) is 3.17. The van der Waals surface area contributed by atoms with Crippen LogP contribution < -0.4 is 11.1 Å². The van der Waals surface area contributed by atoms with Crippen molar-refractivity contribution in [1.82, 2.24) is 9.97 Å². The lowest BCUT2D eigenvalue weighted by Gasteiger charge is -2.02. The fraction of sp³-hybridized carbons (Fsp3) is 0.273. The Bertz CT molecular complexity index is 555. The number of imidazole rings is 1. The van der Waals surface area contributed by atoms with E-state index in [1.165, 1.54) is 12.1 Å². The average molecular weight is 252 g/mol. The maximum absolute atomic E-state index is 12.9. The van der Waals surface area contributed by atoms with Gasteiger partial charge in [0.05, 0.1) is 17.6 Å². The molecular weight excluding hydrogens is 239 g/mol. The van der Waals surface area contributed by atoms with E-state index in [0.717, 1.165) is 0 Å². The van der Waals surface area contributed by atoms with Crippen molar-refractivity contribution in [1.29, 1.82) is 0 Å². The van der Waals surface area contributed by atoms with Crippen molar-refractivity contribution in [3.8, 4) is 0 Å². The van der Waals surface area contributed by atoms with Crippen molar-refractivity contribution in [2.45, 2.75) is 0 Å². The van der Waals surface area contributed by atoms with Gasteiger partial charge in [-0.1, -0.05) is 0 Å². The molecule has 96 valence electrons. The second-order valence-electron chi connectivity index (χ2n) is 3.69. The maximum Gasteiger partial charge on any atom is 0.243 e. The van der Waals surface area contributed by atoms with Gasteiger partial charge in [-0.05, 0) is 18.2 Å². The quantitative estimate of drug-likeness (QED) is 0.657. The Kier molecular flexibility index (Phi) is 3.73. The molecule has 1 aromatic carbocycles. The Morgan fingerprint density at radius 1 is 1.56 bits per heavy atom. The Morgan fingerprint density at radius 2 is 2.39 bits per heavy atom. The SMILES string of the molecule is NC(=O)COCCNc1nc2ccc(F)cc2[nH]1. The van der Waals surface area contributed by atoms with Crippen LogP contribution in [-0.4, -0.2) is 35.6 Å². The summed E-state index contributed by atoms with van der Waals surface area (Å²) in [5, 5.41) is 2.96. The third-order valence-electron chi connectivity index (χ3n) is 2.23. The minimum absolute atomic E-state index is 0.104. The van der Waals surface area contributed by atoms with Gasteiger partial charge in [-0.25, -0.2) is 9.37 Å². The Balaban J connectivity index is 1.86. The number of anilines is 1. The monoisotopic (exact) mass is 252 g/mol. The first-order valence-corrected chi connectivity index (χ1v) is 5.40. The van der Waals surface area contributed by atoms with Crippen molar-refractivity contribution >= 4 is 22.9 Å². The number of aromatic nitrogens is 2. The number of aromatic amines is 1. The highest BCUT2D eigenvalue weighted by molar-refractivity contribution is 5.77. The summed E-state index contributed by atoms with van der Waals surface area (Å²) in [6, 6.07) is 4.32. The first-order valence-electron chi connectivity index (χ1n) is 5.40. The minimum Gasteiger partial charge on any atom is -0.370 e. The number of fused-ring (bicyclic) bond motifs is 1. The van der Waals surface area contributed by atoms with Crippen LogP contribution >= 0.6 is 0 Å². The first kappa shape index (κ1) is 12.3. The molecule has 7 heteroatoms. The second kappa shape index (κ2) is 5.46. The number of hydrogen-bond donors (Lipinski definition) is 3. The summed E-state index contributed by atoms with van der Waals surface area (Å²) >= 11 is 0. The zero-order valence-electron chi connectivity index (χ0n) is 9.57. The molecule has 0 aliphatic heterocycles. The maximum atomic E-state index is 12.9. The predicted octanol–water partition coefficient (Wildman–Crippen LogP) is 0.616. The number of benzene rings is 1. The molecule has 0 bridgehead atoms. The molecule has 0 aliphatic rings. The van der Waals surface area contributed by atoms with Crippen molar-refractivity contribution < 1.29 is 13.9 Å². The fourth-order valence-corrected chi connectivity index (χ4v) is 1.48. The molecule has 1 amide bonds. The lowest BCUT2D eigenvalue weighted by atomic mass is 10.3. The van der Waals surface area contributed by atoms with Crippen LogP contribution in [0, 0.1) is 5.82 Å². The molecule has 0 saturated carbocycles. The van der Waals surface area contributed by atoms with E-state index in [4.69, 9.17) is 10.5 Å². The Hall–Kier alpha value is -2.15. The third-order valence-corrected chi connectivity index (χ3v) is 2.23. The number of rotatable bonds is 6. The molecule has 0 fully saturated rings. The summed E-state index contributed by atoms with van der Waals surface area (Å²) in [6.07, 6.45) is 0. The van der Waals surface area contributed by atoms with E-state index in [2.05, 4.69) is 15.3 Å². The summed E-state index contributed by atoms with van der Waals surface area (Å²) in [5.74, 6) is -0.296. The fourth-order valence-electron chi connectivity index (χ4n) is 1.48. The lowest BCUT2D eigenvalue weighted by molar-refractivity contribution is -0.122. The predicted molar refractivity (Wildman–Crippen MR) is 64.6 cm³/mol. The second-order valence-corrected chi connectivity index (χ2v) is 3.69. The molecule has 0 unspecified atom stereocenters. The number of halogens is 1. The number of hydrogen-bond acceptors (Lipinski definition) is 4. The van der Waals surface area contributed by atoms with Gasteiger partial charge >= 0.3 is 0 Å². The molecule has 4 N–H and O–H groups in total. The number of nitrogens with two attached hydrogens (primary N) is 1. The molecule has 2 rings (SSSR count). The van der Waals surface area contributed by atoms with E-state index < -0.39 is 5.91 Å². The van der Waals surface area contributed by atoms with Crippen molar-refractivity contribution in [2.75, 3.05) is 25.1 Å². The van der Waals surface area contributed by atoms with Gasteiger partial charge in [0, 0.05) is 6.54 Å². The summed E-state index contributed by atoms with van der Waals surface area (Å²) in [4.78, 5) is 17.5. The van der Waals surface area contributed by atoms with Gasteiger partial charge in [-0.2, -0.15) is 0 Å². The molecular formula is C11H13FN4O2. The number of nitrogens with one attached hydrogen (secondary N) is 2. The van der Waals surface area contributed by atoms with Gasteiger partial charge in [0.1, 0.15) is 12.4 Å². The number of carbonyl (C=O) groups is 1. The molecule has 1 aromatic heterocycles. The summed E-state index contributed by atoms with van der Waals surface area (Å²) in [6.45, 7) is 0.691. The van der Waals surface area contributed by atoms with Gasteiger partial charge in [0.25, 0.3) is 0 Å². The Morgan fingerprint density at radius 3 is 3.17 bits per heavy atom. The smallest absolute Gasteiger partial charge is 0.243 e. The van der Waals surface area contributed by atoms with Gasteiger partial charge in [-0.15, -0.1) is 0 Å². The van der Waals surface area contributed by atoms with Crippen LogP contribution in [0.25, 0.3) is 11.0 Å². The number of ether oxygens (including phenoxy) is 1. The topological polar surface area (TPSA) is 93.0 Å². The molecule has 0 spiro atoms. The summed E-state index contributed by atoms with van der Waals surface area (Å²) in [5.41, 5.74) is 6.21. The van der Waals surface area contributed by atoms with Crippen LogP contribution in [0.15, 0.2) is 18.2 Å². The number of nitrogens with zero attached hydrogens (tertiary/aromatic N) is 1. The molecule has 18 heavy (non-hydrogen) atoms. The molecule has 0 aliphatic carbocycles. The van der Waals surface area contributed by atoms with Crippen molar-refractivity contribution in [2.24, 2.45) is 5.73 Å². The highest BCUT2D eigenvalue weighted by Gasteiger charge is 2.03. The average Bonchev–Trinajstić information content (AvgIpc) is 2.70. The first-order chi connectivity index (χ1) is 8.65. The molecule has 0 saturated heterocycles. The van der Waals surface area contributed by atoms with E-state index in [9.17, 15) is 9.18 Å². The molecule has 6 nitrogen and oxygen atoms in total. The van der Waals surface area contributed by atoms with Gasteiger partial charge in [-0.3, -0.25) is 4.79 Å². The van der Waals surface area contributed by atoms with E-state index in [1.807, 2.05) is 0 Å². The van der Waals surface area contributed by atoms with Crippen LogP contribution in [0.2, 0.25) is 0 Å². The van der Waals surface area contributed by atoms with Gasteiger partial charge in [0.2, 0.25) is 11.9 Å². The van der Waals surface area contributed by atoms with Gasteiger partial charge in [0.15, 0.2) is 0 Å². The van der Waals surface area contributed by atoms with Crippen LogP contribution in [0.5, 0.6) is 0 Å². The summed E-state index contributed by atoms with van der Waals surface area (Å²) in [7, 11) is 0. The van der Waals surface area contributed by atoms with Crippen LogP contribution in [0.4, 0.5) is 10.3 Å². The normalized spacial score (nSPS) is 10.7. The minimum atomic E-state index is -0.505. The highest BCUT2D eigenvalue weighted by Crippen LogP contribution is 2.14. The summed E-state index contributed by atoms with van der Waals surface area (Å²) < 4.78 is 17.9. The van der Waals surface area contributed by atoms with Crippen LogP contribution in [-0.2, 0) is 9.53 Å². The van der Waals surface area contributed by atoms with Gasteiger partial charge < -0.3 is 20.8 Å². The largest absolute Gasteiger partial charge is 0.370 e. The zero-order valence-corrected chi connectivity index (χ0v) is 9.57. The molecule has 0 atom stereocenters. The van der Waals surface area contributed by atoms with E-state index in [1.54, 1.807) is 6.07 Å². The number of carbonyl (C=O) groups excluding carboxylic acids is 1. The number of H-pyrrole nitrogens is 1. The van der Waals surface area contributed by atoms with Crippen LogP contribution in [0.1, 0.15) is 0 Å². The Labute approximate surface area is 102 Å². The molecule has 1 heterocycles. The van der Waals surface area contributed by atoms with E-state index in [-0.39, 0.29) is 12.4 Å². The molecule has 0 radical (unpaired) electrons. The van der Waals surface area contributed by atoms with Crippen molar-refractivity contribution in [3.05, 3.63) is 24.0 Å². The zero-order chi connectivity index (χ0) is 13.0. The van der Waals surface area contributed by atoms with E-state index in [0.29, 0.717) is 30.1 Å². The van der Waals surface area contributed by atoms with Crippen molar-refractivity contribution in [3.63, 3.8) is 0 Å². The standard InChI is InChI=1S/C11H13FN4O2/c12-7-1-2-8-9(5-7)16-11(15-8)14-3-4-18-6-10(13)17/h1-2,5H,3-4,6H2,(H2,13,17)(H2,14,15,16). The van der Waals surface area contributed by atoms with Crippen LogP contribution in [0.3, 0.4) is 0 Å². The lowest BCUT2D eigenvalue weighted by Crippen LogP contribution is -2.20.